The van der Waals surface area contributed by atoms with Crippen molar-refractivity contribution in [2.24, 2.45) is 5.11 Å². The minimum absolute atomic E-state index is 0.184. The third-order valence-corrected chi connectivity index (χ3v) is 4.46. The molecule has 2 heterocycles. The van der Waals surface area contributed by atoms with Crippen LogP contribution in [0.1, 0.15) is 5.56 Å². The minimum Gasteiger partial charge on any atom is -0.475 e. The Morgan fingerprint density at radius 2 is 1.61 bits per heavy atom. The van der Waals surface area contributed by atoms with Gasteiger partial charge in [0.15, 0.2) is 0 Å². The summed E-state index contributed by atoms with van der Waals surface area (Å²) in [6.45, 7) is 5.80. The molecule has 3 N–H and O–H groups in total. The molecule has 1 saturated heterocycles. The van der Waals surface area contributed by atoms with Crippen molar-refractivity contribution in [1.82, 2.24) is 10.3 Å². The van der Waals surface area contributed by atoms with Crippen LogP contribution < -0.4 is 10.2 Å². The van der Waals surface area contributed by atoms with E-state index in [4.69, 9.17) is 44.8 Å². The van der Waals surface area contributed by atoms with Crippen LogP contribution in [0.5, 0.6) is 0 Å². The zero-order valence-electron chi connectivity index (χ0n) is 21.3. The number of carboxylic acid groups (broad SMARTS) is 2. The third kappa shape index (κ3) is 18.2. The van der Waals surface area contributed by atoms with Crippen LogP contribution in [-0.4, -0.2) is 111 Å². The first-order valence-electron chi connectivity index (χ1n) is 11.4. The topological polar surface area (TPSA) is 203 Å². The number of halogens is 6. The molecule has 1 unspecified atom stereocenters. The van der Waals surface area contributed by atoms with Gasteiger partial charge in [0, 0.05) is 37.3 Å². The maximum Gasteiger partial charge on any atom is 0.490 e. The minimum atomic E-state index is -5.08. The number of anilines is 1. The lowest BCUT2D eigenvalue weighted by Crippen LogP contribution is -2.53. The van der Waals surface area contributed by atoms with Crippen LogP contribution in [0.4, 0.5) is 32.2 Å². The van der Waals surface area contributed by atoms with E-state index in [1.165, 1.54) is 0 Å². The molecule has 0 saturated carbocycles. The monoisotopic (exact) mass is 603 g/mol. The molecule has 0 spiro atoms. The molecule has 0 aromatic carbocycles. The Labute approximate surface area is 229 Å². The van der Waals surface area contributed by atoms with Gasteiger partial charge in [0.1, 0.15) is 11.9 Å². The van der Waals surface area contributed by atoms with Crippen LogP contribution in [0.25, 0.3) is 10.4 Å². The number of hydrogen-bond acceptors (Lipinski definition) is 10. The molecule has 1 aromatic rings. The Bertz CT molecular complexity index is 976. The SMILES string of the molecule is N#Cc1ccc(N2CCNCC2COCCOCCOCCN=[N+]=[N-])nc1.O=C(O)C(F)(F)F.O=C(O)C(F)(F)F. The van der Waals surface area contributed by atoms with Gasteiger partial charge in [-0.2, -0.15) is 31.6 Å². The van der Waals surface area contributed by atoms with Crippen LogP contribution in [0.2, 0.25) is 0 Å². The summed E-state index contributed by atoms with van der Waals surface area (Å²) in [5.41, 5.74) is 8.68. The molecule has 0 aliphatic carbocycles. The van der Waals surface area contributed by atoms with Crippen LogP contribution in [0.3, 0.4) is 0 Å². The van der Waals surface area contributed by atoms with E-state index in [0.717, 1.165) is 25.5 Å². The van der Waals surface area contributed by atoms with Crippen molar-refractivity contribution in [3.8, 4) is 6.07 Å². The molecule has 20 heteroatoms. The van der Waals surface area contributed by atoms with Gasteiger partial charge >= 0.3 is 24.3 Å². The normalized spacial score (nSPS) is 14.8. The fourth-order valence-electron chi connectivity index (χ4n) is 2.64. The smallest absolute Gasteiger partial charge is 0.475 e. The average Bonchev–Trinajstić information content (AvgIpc) is 2.91. The average molecular weight is 603 g/mol. The van der Waals surface area contributed by atoms with Crippen molar-refractivity contribution in [3.05, 3.63) is 34.3 Å². The molecule has 1 fully saturated rings. The molecular formula is C21H27F6N7O7. The number of hydrogen-bond donors (Lipinski definition) is 3. The van der Waals surface area contributed by atoms with Crippen molar-refractivity contribution >= 4 is 17.8 Å². The molecular weight excluding hydrogens is 576 g/mol. The summed E-state index contributed by atoms with van der Waals surface area (Å²) in [6.07, 6.45) is -8.57. The van der Waals surface area contributed by atoms with Gasteiger partial charge in [-0.25, -0.2) is 14.6 Å². The number of carboxylic acids is 2. The Morgan fingerprint density at radius 3 is 2.07 bits per heavy atom. The lowest BCUT2D eigenvalue weighted by Gasteiger charge is -2.36. The maximum absolute atomic E-state index is 10.6. The largest absolute Gasteiger partial charge is 0.490 e. The number of aliphatic carboxylic acids is 2. The van der Waals surface area contributed by atoms with Gasteiger partial charge in [-0.3, -0.25) is 0 Å². The molecule has 1 aromatic heterocycles. The van der Waals surface area contributed by atoms with E-state index >= 15 is 0 Å². The van der Waals surface area contributed by atoms with E-state index in [2.05, 4.69) is 31.3 Å². The van der Waals surface area contributed by atoms with Crippen molar-refractivity contribution in [2.75, 3.05) is 70.7 Å². The number of rotatable bonds is 12. The lowest BCUT2D eigenvalue weighted by molar-refractivity contribution is -0.193. The van der Waals surface area contributed by atoms with E-state index in [1.54, 1.807) is 12.3 Å². The number of nitrogens with zero attached hydrogens (tertiary/aromatic N) is 6. The van der Waals surface area contributed by atoms with Gasteiger partial charge in [0.25, 0.3) is 0 Å². The van der Waals surface area contributed by atoms with E-state index in [1.807, 2.05) is 6.07 Å². The molecule has 1 aliphatic rings. The van der Waals surface area contributed by atoms with Gasteiger partial charge < -0.3 is 34.6 Å². The van der Waals surface area contributed by atoms with Crippen LogP contribution in [0.15, 0.2) is 23.4 Å². The summed E-state index contributed by atoms with van der Waals surface area (Å²) < 4.78 is 79.9. The number of ether oxygens (including phenoxy) is 3. The zero-order valence-corrected chi connectivity index (χ0v) is 21.3. The molecule has 0 radical (unpaired) electrons. The van der Waals surface area contributed by atoms with Crippen molar-refractivity contribution in [3.63, 3.8) is 0 Å². The first-order chi connectivity index (χ1) is 19.2. The van der Waals surface area contributed by atoms with E-state index < -0.39 is 24.3 Å². The highest BCUT2D eigenvalue weighted by Crippen LogP contribution is 2.16. The van der Waals surface area contributed by atoms with Gasteiger partial charge in [0.05, 0.1) is 51.2 Å². The highest BCUT2D eigenvalue weighted by atomic mass is 19.4. The van der Waals surface area contributed by atoms with E-state index in [-0.39, 0.29) is 6.04 Å². The van der Waals surface area contributed by atoms with Gasteiger partial charge in [-0.05, 0) is 17.7 Å². The lowest BCUT2D eigenvalue weighted by atomic mass is 10.2. The Kier molecular flexibility index (Phi) is 18.2. The summed E-state index contributed by atoms with van der Waals surface area (Å²) in [5.74, 6) is -4.65. The Hall–Kier alpha value is -3.89. The molecule has 14 nitrogen and oxygen atoms in total. The Morgan fingerprint density at radius 1 is 1.07 bits per heavy atom. The second-order valence-corrected chi connectivity index (χ2v) is 7.43. The molecule has 0 amide bonds. The summed E-state index contributed by atoms with van der Waals surface area (Å²) in [4.78, 5) is 27.0. The van der Waals surface area contributed by atoms with Crippen LogP contribution >= 0.6 is 0 Å². The summed E-state index contributed by atoms with van der Waals surface area (Å²) in [7, 11) is 0. The van der Waals surface area contributed by atoms with E-state index in [9.17, 15) is 26.3 Å². The third-order valence-electron chi connectivity index (χ3n) is 4.46. The van der Waals surface area contributed by atoms with Gasteiger partial charge in [-0.1, -0.05) is 5.11 Å². The molecule has 1 atom stereocenters. The van der Waals surface area contributed by atoms with E-state index in [0.29, 0.717) is 51.7 Å². The number of pyridine rings is 1. The number of carbonyl (C=O) groups is 2. The number of nitrogens with one attached hydrogen (secondary N) is 1. The second-order valence-electron chi connectivity index (χ2n) is 7.43. The first kappa shape index (κ1) is 37.1. The molecule has 0 bridgehead atoms. The number of nitriles is 1. The molecule has 1 aliphatic heterocycles. The number of aromatic nitrogens is 1. The fourth-order valence-corrected chi connectivity index (χ4v) is 2.64. The van der Waals surface area contributed by atoms with Gasteiger partial charge in [-0.15, -0.1) is 0 Å². The quantitative estimate of drug-likeness (QED) is 0.104. The first-order valence-corrected chi connectivity index (χ1v) is 11.4. The number of piperazine rings is 1. The van der Waals surface area contributed by atoms with Crippen LogP contribution in [0, 0.1) is 11.3 Å². The predicted molar refractivity (Wildman–Crippen MR) is 127 cm³/mol. The summed E-state index contributed by atoms with van der Waals surface area (Å²) in [6, 6.07) is 5.93. The van der Waals surface area contributed by atoms with Gasteiger partial charge in [0.2, 0.25) is 0 Å². The zero-order chi connectivity index (χ0) is 31.3. The number of alkyl halides is 6. The van der Waals surface area contributed by atoms with Crippen molar-refractivity contribution < 1.29 is 60.4 Å². The highest BCUT2D eigenvalue weighted by molar-refractivity contribution is 5.73. The summed E-state index contributed by atoms with van der Waals surface area (Å²) in [5, 5.41) is 29.9. The van der Waals surface area contributed by atoms with Crippen molar-refractivity contribution in [1.29, 1.82) is 5.26 Å². The number of azide groups is 1. The second kappa shape index (κ2) is 20.1. The standard InChI is InChI=1S/C17H25N7O3.2C2HF3O2/c18-11-15-1-2-17(21-12-15)24-5-3-20-13-16(24)14-27-10-9-26-8-7-25-6-4-22-23-19;2*3-2(4,5)1(6)7/h1-2,12,16,20H,3-10,13-14H2;2*(H,6,7). The van der Waals surface area contributed by atoms with Crippen LogP contribution in [-0.2, 0) is 23.8 Å². The molecule has 2 rings (SSSR count). The molecule has 41 heavy (non-hydrogen) atoms. The fraction of sp³-hybridized carbons (Fsp3) is 0.619. The molecule has 230 valence electrons. The van der Waals surface area contributed by atoms with Crippen molar-refractivity contribution in [2.45, 2.75) is 18.4 Å². The maximum atomic E-state index is 10.6. The predicted octanol–water partition coefficient (Wildman–Crippen LogP) is 2.36. The Balaban J connectivity index is 0.000000941. The summed E-state index contributed by atoms with van der Waals surface area (Å²) >= 11 is 0. The highest BCUT2D eigenvalue weighted by Gasteiger charge is 2.38.